The van der Waals surface area contributed by atoms with E-state index in [4.69, 9.17) is 0 Å². The highest BCUT2D eigenvalue weighted by atomic mass is 79.9. The Morgan fingerprint density at radius 2 is 2.00 bits per heavy atom. The summed E-state index contributed by atoms with van der Waals surface area (Å²) in [5.74, 6) is -1.16. The Labute approximate surface area is 103 Å². The first-order chi connectivity index (χ1) is 7.44. The van der Waals surface area contributed by atoms with Crippen LogP contribution in [0.5, 0.6) is 0 Å². The predicted molar refractivity (Wildman–Crippen MR) is 64.0 cm³/mol. The van der Waals surface area contributed by atoms with E-state index in [0.29, 0.717) is 4.47 Å². The van der Waals surface area contributed by atoms with Gasteiger partial charge in [0.05, 0.1) is 5.56 Å². The summed E-state index contributed by atoms with van der Waals surface area (Å²) in [6.07, 6.45) is 0.544. The molecule has 2 nitrogen and oxygen atoms in total. The maximum atomic E-state index is 13.5. The van der Waals surface area contributed by atoms with Crippen molar-refractivity contribution in [2.45, 2.75) is 32.3 Å². The Morgan fingerprint density at radius 1 is 1.44 bits per heavy atom. The second-order valence-electron chi connectivity index (χ2n) is 3.69. The first kappa shape index (κ1) is 13.3. The standard InChI is InChI=1S/C12H14BrFO2/c1-3-12(16,4-2)11(15)9-7-8(13)5-6-10(9)14/h5-7,16H,3-4H2,1-2H3. The second kappa shape index (κ2) is 5.06. The normalized spacial score (nSPS) is 11.6. The Kier molecular flexibility index (Phi) is 4.21. The first-order valence-electron chi connectivity index (χ1n) is 5.17. The van der Waals surface area contributed by atoms with Crippen molar-refractivity contribution >= 4 is 21.7 Å². The van der Waals surface area contributed by atoms with Crippen LogP contribution in [0.25, 0.3) is 0 Å². The number of rotatable bonds is 4. The number of benzene rings is 1. The Balaban J connectivity index is 3.18. The molecule has 0 aliphatic carbocycles. The molecule has 0 bridgehead atoms. The number of ketones is 1. The van der Waals surface area contributed by atoms with Gasteiger partial charge in [-0.1, -0.05) is 29.8 Å². The van der Waals surface area contributed by atoms with Crippen LogP contribution in [0.2, 0.25) is 0 Å². The van der Waals surface area contributed by atoms with Crippen LogP contribution in [0.15, 0.2) is 22.7 Å². The summed E-state index contributed by atoms with van der Waals surface area (Å²) in [6.45, 7) is 3.41. The lowest BCUT2D eigenvalue weighted by atomic mass is 9.88. The van der Waals surface area contributed by atoms with Gasteiger partial charge in [-0.2, -0.15) is 0 Å². The van der Waals surface area contributed by atoms with Gasteiger partial charge in [0.1, 0.15) is 11.4 Å². The third kappa shape index (κ3) is 2.50. The van der Waals surface area contributed by atoms with Gasteiger partial charge in [0.2, 0.25) is 0 Å². The number of Topliss-reactive ketones (excluding diaryl/α,β-unsaturated/α-hetero) is 1. The number of hydrogen-bond donors (Lipinski definition) is 1. The number of halogens is 2. The molecule has 88 valence electrons. The molecule has 1 aromatic rings. The van der Waals surface area contributed by atoms with Gasteiger partial charge in [-0.05, 0) is 31.0 Å². The topological polar surface area (TPSA) is 37.3 Å². The van der Waals surface area contributed by atoms with Crippen LogP contribution in [0.4, 0.5) is 4.39 Å². The fourth-order valence-corrected chi connectivity index (χ4v) is 1.85. The SMILES string of the molecule is CCC(O)(CC)C(=O)c1cc(Br)ccc1F. The van der Waals surface area contributed by atoms with Crippen LogP contribution in [0, 0.1) is 5.82 Å². The molecule has 4 heteroatoms. The maximum absolute atomic E-state index is 13.5. The zero-order valence-electron chi connectivity index (χ0n) is 9.26. The molecule has 0 amide bonds. The van der Waals surface area contributed by atoms with E-state index in [9.17, 15) is 14.3 Å². The Hall–Kier alpha value is -0.740. The predicted octanol–water partition coefficient (Wildman–Crippen LogP) is 3.32. The fraction of sp³-hybridized carbons (Fsp3) is 0.417. The minimum Gasteiger partial charge on any atom is -0.382 e. The van der Waals surface area contributed by atoms with Crippen molar-refractivity contribution in [3.8, 4) is 0 Å². The van der Waals surface area contributed by atoms with Crippen molar-refractivity contribution in [1.29, 1.82) is 0 Å². The van der Waals surface area contributed by atoms with Crippen molar-refractivity contribution in [2.24, 2.45) is 0 Å². The van der Waals surface area contributed by atoms with Gasteiger partial charge in [0, 0.05) is 4.47 Å². The highest BCUT2D eigenvalue weighted by molar-refractivity contribution is 9.10. The quantitative estimate of drug-likeness (QED) is 0.863. The van der Waals surface area contributed by atoms with Gasteiger partial charge >= 0.3 is 0 Å². The number of hydrogen-bond acceptors (Lipinski definition) is 2. The molecule has 1 rings (SSSR count). The van der Waals surface area contributed by atoms with E-state index in [2.05, 4.69) is 15.9 Å². The minimum atomic E-state index is -1.47. The molecule has 0 radical (unpaired) electrons. The van der Waals surface area contributed by atoms with Crippen LogP contribution in [-0.4, -0.2) is 16.5 Å². The number of carbonyl (C=O) groups is 1. The van der Waals surface area contributed by atoms with Gasteiger partial charge in [-0.15, -0.1) is 0 Å². The molecule has 0 spiro atoms. The van der Waals surface area contributed by atoms with Crippen LogP contribution in [0.3, 0.4) is 0 Å². The average Bonchev–Trinajstić information content (AvgIpc) is 2.30. The summed E-state index contributed by atoms with van der Waals surface area (Å²) >= 11 is 3.17. The molecule has 0 unspecified atom stereocenters. The van der Waals surface area contributed by atoms with Crippen molar-refractivity contribution < 1.29 is 14.3 Å². The van der Waals surface area contributed by atoms with Crippen LogP contribution in [0.1, 0.15) is 37.0 Å². The molecule has 0 fully saturated rings. The molecule has 0 saturated carbocycles. The van der Waals surface area contributed by atoms with E-state index in [1.165, 1.54) is 18.2 Å². The summed E-state index contributed by atoms with van der Waals surface area (Å²) in [5, 5.41) is 10.0. The van der Waals surface area contributed by atoms with E-state index in [0.717, 1.165) is 0 Å². The number of carbonyl (C=O) groups excluding carboxylic acids is 1. The number of aliphatic hydroxyl groups is 1. The van der Waals surface area contributed by atoms with Crippen LogP contribution >= 0.6 is 15.9 Å². The third-order valence-electron chi connectivity index (χ3n) is 2.77. The van der Waals surface area contributed by atoms with Crippen LogP contribution in [-0.2, 0) is 0 Å². The average molecular weight is 289 g/mol. The van der Waals surface area contributed by atoms with Crippen LogP contribution < -0.4 is 0 Å². The van der Waals surface area contributed by atoms with Crippen molar-refractivity contribution in [1.82, 2.24) is 0 Å². The summed E-state index contributed by atoms with van der Waals surface area (Å²) < 4.78 is 14.1. The summed E-state index contributed by atoms with van der Waals surface area (Å²) in [6, 6.07) is 4.13. The molecular weight excluding hydrogens is 275 g/mol. The fourth-order valence-electron chi connectivity index (χ4n) is 1.49. The molecule has 0 heterocycles. The summed E-state index contributed by atoms with van der Waals surface area (Å²) in [7, 11) is 0. The Bertz CT molecular complexity index is 400. The minimum absolute atomic E-state index is 0.0689. The van der Waals surface area contributed by atoms with Gasteiger partial charge in [0.25, 0.3) is 0 Å². The van der Waals surface area contributed by atoms with Gasteiger partial charge in [0.15, 0.2) is 5.78 Å². The lowest BCUT2D eigenvalue weighted by Crippen LogP contribution is -2.37. The second-order valence-corrected chi connectivity index (χ2v) is 4.61. The molecular formula is C12H14BrFO2. The molecule has 0 aliphatic heterocycles. The molecule has 0 aliphatic rings. The monoisotopic (exact) mass is 288 g/mol. The summed E-state index contributed by atoms with van der Waals surface area (Å²) in [5.41, 5.74) is -1.54. The third-order valence-corrected chi connectivity index (χ3v) is 3.26. The smallest absolute Gasteiger partial charge is 0.197 e. The van der Waals surface area contributed by atoms with E-state index in [1.54, 1.807) is 13.8 Å². The van der Waals surface area contributed by atoms with E-state index in [-0.39, 0.29) is 18.4 Å². The molecule has 0 atom stereocenters. The van der Waals surface area contributed by atoms with Crippen molar-refractivity contribution in [3.63, 3.8) is 0 Å². The molecule has 0 saturated heterocycles. The lowest BCUT2D eigenvalue weighted by molar-refractivity contribution is 0.0273. The van der Waals surface area contributed by atoms with E-state index in [1.807, 2.05) is 0 Å². The maximum Gasteiger partial charge on any atom is 0.197 e. The molecule has 16 heavy (non-hydrogen) atoms. The molecule has 1 aromatic carbocycles. The lowest BCUT2D eigenvalue weighted by Gasteiger charge is -2.23. The highest BCUT2D eigenvalue weighted by Crippen LogP contribution is 2.24. The summed E-state index contributed by atoms with van der Waals surface area (Å²) in [4.78, 5) is 12.0. The molecule has 0 aromatic heterocycles. The largest absolute Gasteiger partial charge is 0.382 e. The molecule has 1 N–H and O–H groups in total. The van der Waals surface area contributed by atoms with Crippen molar-refractivity contribution in [3.05, 3.63) is 34.1 Å². The highest BCUT2D eigenvalue weighted by Gasteiger charge is 2.34. The van der Waals surface area contributed by atoms with E-state index >= 15 is 0 Å². The van der Waals surface area contributed by atoms with E-state index < -0.39 is 17.2 Å². The zero-order chi connectivity index (χ0) is 12.3. The Morgan fingerprint density at radius 3 is 2.50 bits per heavy atom. The zero-order valence-corrected chi connectivity index (χ0v) is 10.8. The van der Waals surface area contributed by atoms with Crippen molar-refractivity contribution in [2.75, 3.05) is 0 Å². The first-order valence-corrected chi connectivity index (χ1v) is 5.96. The van der Waals surface area contributed by atoms with Gasteiger partial charge in [-0.3, -0.25) is 4.79 Å². The van der Waals surface area contributed by atoms with Gasteiger partial charge in [-0.25, -0.2) is 4.39 Å². The van der Waals surface area contributed by atoms with Gasteiger partial charge < -0.3 is 5.11 Å².